The second-order valence-corrected chi connectivity index (χ2v) is 4.30. The zero-order chi connectivity index (χ0) is 12.6. The summed E-state index contributed by atoms with van der Waals surface area (Å²) in [5, 5.41) is 9.81. The van der Waals surface area contributed by atoms with Gasteiger partial charge in [-0.05, 0) is 18.9 Å². The zero-order valence-corrected chi connectivity index (χ0v) is 9.72. The van der Waals surface area contributed by atoms with E-state index in [-0.39, 0.29) is 17.9 Å². The minimum Gasteiger partial charge on any atom is -0.492 e. The molecule has 5 heteroatoms. The lowest BCUT2D eigenvalue weighted by atomic mass is 10.0. The van der Waals surface area contributed by atoms with Crippen molar-refractivity contribution >= 4 is 0 Å². The van der Waals surface area contributed by atoms with Gasteiger partial charge in [0.05, 0.1) is 19.8 Å². The van der Waals surface area contributed by atoms with Gasteiger partial charge in [0.15, 0.2) is 17.3 Å². The predicted octanol–water partition coefficient (Wildman–Crippen LogP) is 2.05. The van der Waals surface area contributed by atoms with Gasteiger partial charge < -0.3 is 14.6 Å². The van der Waals surface area contributed by atoms with Gasteiger partial charge in [-0.1, -0.05) is 0 Å². The summed E-state index contributed by atoms with van der Waals surface area (Å²) in [7, 11) is 2.60. The molecule has 3 nitrogen and oxygen atoms in total. The van der Waals surface area contributed by atoms with Crippen molar-refractivity contribution in [2.24, 2.45) is 0 Å². The first-order valence-corrected chi connectivity index (χ1v) is 5.32. The van der Waals surface area contributed by atoms with E-state index >= 15 is 0 Å². The van der Waals surface area contributed by atoms with Gasteiger partial charge in [0.25, 0.3) is 0 Å². The molecule has 2 rings (SSSR count). The molecule has 1 N–H and O–H groups in total. The van der Waals surface area contributed by atoms with Gasteiger partial charge in [-0.2, -0.15) is 4.39 Å². The molecule has 0 aliphatic heterocycles. The standard InChI is InChI=1S/C12H14F2O3/c1-16-10-7(6-12(15)3-4-12)5-8(13)9(14)11(10)17-2/h5,15H,3-4,6H2,1-2H3. The Balaban J connectivity index is 2.46. The Bertz CT molecular complexity index is 442. The van der Waals surface area contributed by atoms with E-state index in [2.05, 4.69) is 0 Å². The molecule has 1 aromatic rings. The molecule has 1 saturated carbocycles. The lowest BCUT2D eigenvalue weighted by Gasteiger charge is -2.16. The summed E-state index contributed by atoms with van der Waals surface area (Å²) in [6.45, 7) is 0. The molecular weight excluding hydrogens is 230 g/mol. The number of rotatable bonds is 4. The zero-order valence-electron chi connectivity index (χ0n) is 9.72. The smallest absolute Gasteiger partial charge is 0.204 e. The van der Waals surface area contributed by atoms with E-state index in [4.69, 9.17) is 9.47 Å². The minimum atomic E-state index is -1.07. The van der Waals surface area contributed by atoms with E-state index < -0.39 is 17.2 Å². The van der Waals surface area contributed by atoms with Crippen LogP contribution in [-0.4, -0.2) is 24.9 Å². The molecule has 17 heavy (non-hydrogen) atoms. The van der Waals surface area contributed by atoms with Crippen molar-refractivity contribution in [2.75, 3.05) is 14.2 Å². The van der Waals surface area contributed by atoms with E-state index in [0.29, 0.717) is 18.4 Å². The normalized spacial score (nSPS) is 16.8. The number of benzene rings is 1. The van der Waals surface area contributed by atoms with Crippen LogP contribution in [0.2, 0.25) is 0 Å². The van der Waals surface area contributed by atoms with Crippen LogP contribution in [0.25, 0.3) is 0 Å². The van der Waals surface area contributed by atoms with Gasteiger partial charge in [-0.25, -0.2) is 4.39 Å². The number of methoxy groups -OCH3 is 2. The van der Waals surface area contributed by atoms with E-state index in [1.54, 1.807) is 0 Å². The average Bonchev–Trinajstić information content (AvgIpc) is 3.00. The van der Waals surface area contributed by atoms with E-state index in [0.717, 1.165) is 6.07 Å². The highest BCUT2D eigenvalue weighted by Gasteiger charge is 2.41. The first-order chi connectivity index (χ1) is 8.00. The fraction of sp³-hybridized carbons (Fsp3) is 0.500. The van der Waals surface area contributed by atoms with Gasteiger partial charge in [-0.15, -0.1) is 0 Å². The van der Waals surface area contributed by atoms with Crippen LogP contribution in [0.5, 0.6) is 11.5 Å². The second-order valence-electron chi connectivity index (χ2n) is 4.30. The Kier molecular flexibility index (Phi) is 2.95. The molecule has 0 amide bonds. The summed E-state index contributed by atoms with van der Waals surface area (Å²) in [6.07, 6.45) is 1.57. The fourth-order valence-electron chi connectivity index (χ4n) is 1.85. The van der Waals surface area contributed by atoms with Crippen molar-refractivity contribution in [3.63, 3.8) is 0 Å². The van der Waals surface area contributed by atoms with Crippen molar-refractivity contribution in [1.82, 2.24) is 0 Å². The fourth-order valence-corrected chi connectivity index (χ4v) is 1.85. The Morgan fingerprint density at radius 1 is 1.24 bits per heavy atom. The quantitative estimate of drug-likeness (QED) is 0.881. The molecule has 0 radical (unpaired) electrons. The molecule has 0 saturated heterocycles. The summed E-state index contributed by atoms with van der Waals surface area (Å²) in [5.74, 6) is -2.18. The second kappa shape index (κ2) is 4.14. The third-order valence-corrected chi connectivity index (χ3v) is 2.96. The van der Waals surface area contributed by atoms with E-state index in [1.807, 2.05) is 0 Å². The van der Waals surface area contributed by atoms with Crippen molar-refractivity contribution in [3.05, 3.63) is 23.3 Å². The van der Waals surface area contributed by atoms with Crippen LogP contribution in [-0.2, 0) is 6.42 Å². The van der Waals surface area contributed by atoms with E-state index in [1.165, 1.54) is 14.2 Å². The Labute approximate surface area is 98.0 Å². The van der Waals surface area contributed by atoms with Crippen LogP contribution in [0.4, 0.5) is 8.78 Å². The summed E-state index contributed by atoms with van der Waals surface area (Å²) < 4.78 is 36.6. The summed E-state index contributed by atoms with van der Waals surface area (Å²) in [4.78, 5) is 0. The van der Waals surface area contributed by atoms with Crippen LogP contribution >= 0.6 is 0 Å². The molecule has 1 aliphatic carbocycles. The number of ether oxygens (including phenoxy) is 2. The van der Waals surface area contributed by atoms with Crippen molar-refractivity contribution in [3.8, 4) is 11.5 Å². The molecule has 0 heterocycles. The number of hydrogen-bond donors (Lipinski definition) is 1. The SMILES string of the molecule is COc1c(CC2(O)CC2)cc(F)c(F)c1OC. The average molecular weight is 244 g/mol. The maximum atomic E-state index is 13.4. The summed E-state index contributed by atoms with van der Waals surface area (Å²) in [6, 6.07) is 1.05. The molecule has 0 atom stereocenters. The van der Waals surface area contributed by atoms with Crippen molar-refractivity contribution in [2.45, 2.75) is 24.9 Å². The monoisotopic (exact) mass is 244 g/mol. The molecule has 0 unspecified atom stereocenters. The topological polar surface area (TPSA) is 38.7 Å². The number of hydrogen-bond acceptors (Lipinski definition) is 3. The highest BCUT2D eigenvalue weighted by atomic mass is 19.2. The Morgan fingerprint density at radius 3 is 2.29 bits per heavy atom. The number of aliphatic hydroxyl groups is 1. The third-order valence-electron chi connectivity index (χ3n) is 2.96. The molecule has 1 fully saturated rings. The lowest BCUT2D eigenvalue weighted by Crippen LogP contribution is -2.13. The summed E-state index contributed by atoms with van der Waals surface area (Å²) in [5.41, 5.74) is -0.383. The summed E-state index contributed by atoms with van der Waals surface area (Å²) >= 11 is 0. The van der Waals surface area contributed by atoms with Gasteiger partial charge >= 0.3 is 0 Å². The highest BCUT2D eigenvalue weighted by molar-refractivity contribution is 5.49. The first-order valence-electron chi connectivity index (χ1n) is 5.32. The van der Waals surface area contributed by atoms with Gasteiger partial charge in [0.1, 0.15) is 0 Å². The molecule has 94 valence electrons. The van der Waals surface area contributed by atoms with Gasteiger partial charge in [0.2, 0.25) is 5.82 Å². The predicted molar refractivity (Wildman–Crippen MR) is 57.3 cm³/mol. The van der Waals surface area contributed by atoms with Crippen LogP contribution in [0.15, 0.2) is 6.07 Å². The molecule has 1 aromatic carbocycles. The van der Waals surface area contributed by atoms with Crippen LogP contribution < -0.4 is 9.47 Å². The lowest BCUT2D eigenvalue weighted by molar-refractivity contribution is 0.149. The van der Waals surface area contributed by atoms with Crippen LogP contribution in [0, 0.1) is 11.6 Å². The maximum absolute atomic E-state index is 13.4. The van der Waals surface area contributed by atoms with Crippen molar-refractivity contribution < 1.29 is 23.4 Å². The largest absolute Gasteiger partial charge is 0.492 e. The molecule has 0 spiro atoms. The van der Waals surface area contributed by atoms with Gasteiger partial charge in [0, 0.05) is 12.0 Å². The van der Waals surface area contributed by atoms with Crippen LogP contribution in [0.3, 0.4) is 0 Å². The molecule has 1 aliphatic rings. The molecule has 0 bridgehead atoms. The molecular formula is C12H14F2O3. The maximum Gasteiger partial charge on any atom is 0.204 e. The van der Waals surface area contributed by atoms with Crippen LogP contribution in [0.1, 0.15) is 18.4 Å². The minimum absolute atomic E-state index is 0.145. The molecule has 0 aromatic heterocycles. The highest BCUT2D eigenvalue weighted by Crippen LogP contribution is 2.43. The van der Waals surface area contributed by atoms with E-state index in [9.17, 15) is 13.9 Å². The third kappa shape index (κ3) is 2.20. The Hall–Kier alpha value is -1.36. The van der Waals surface area contributed by atoms with Crippen molar-refractivity contribution in [1.29, 1.82) is 0 Å². The number of halogens is 2. The first kappa shape index (κ1) is 12.1. The Morgan fingerprint density at radius 2 is 1.82 bits per heavy atom. The van der Waals surface area contributed by atoms with Gasteiger partial charge in [-0.3, -0.25) is 0 Å².